The maximum atomic E-state index is 10.9. The van der Waals surface area contributed by atoms with E-state index in [4.69, 9.17) is 4.74 Å². The van der Waals surface area contributed by atoms with E-state index in [0.29, 0.717) is 23.7 Å². The standard InChI is InChI=1S/C15H18.C12H14O2.6C11H14.C10H12/c1-3-10-5-8(1)12-7-13-9-2-4-11(6-9)15(13)14(10)12;1-7(13)14-11-5-4-10-8-2-3-9(6-8)12(10)11;6*1-7-2-5-10-8-3-4-9(6-8)11(7)10;1-2-9-7-4-5-8(6-7)10(9)3-1/h1-4,8-15H,5-7H2;2-5,8-12H,6H2,1H3;6*2-5,7-11H,6H2,1H3;1-2,4-5,7-10H,3,6H2. The summed E-state index contributed by atoms with van der Waals surface area (Å²) in [5.41, 5.74) is 0. The second-order valence-electron chi connectivity index (χ2n) is 41.1. The Morgan fingerprint density at radius 3 is 0.714 bits per heavy atom. The molecule has 20 bridgehead atoms. The first-order valence-electron chi connectivity index (χ1n) is 44.7. The average molecular weight is 1400 g/mol. The second kappa shape index (κ2) is 26.8. The summed E-state index contributed by atoms with van der Waals surface area (Å²) >= 11 is 0. The summed E-state index contributed by atoms with van der Waals surface area (Å²) in [7, 11) is 0. The minimum absolute atomic E-state index is 0.0393. The fourth-order valence-electron chi connectivity index (χ4n) is 32.4. The normalized spacial score (nSPS) is 57.0. The van der Waals surface area contributed by atoms with Crippen LogP contribution in [0.5, 0.6) is 0 Å². The third-order valence-electron chi connectivity index (χ3n) is 36.6. The van der Waals surface area contributed by atoms with Crippen LogP contribution in [-0.4, -0.2) is 12.1 Å². The lowest BCUT2D eigenvalue weighted by atomic mass is 9.75. The number of hydrogen-bond donors (Lipinski definition) is 0. The van der Waals surface area contributed by atoms with Crippen LogP contribution >= 0.6 is 0 Å². The highest BCUT2D eigenvalue weighted by molar-refractivity contribution is 5.66. The molecule has 0 heterocycles. The molecule has 11 saturated carbocycles. The molecule has 0 amide bonds. The van der Waals surface area contributed by atoms with Crippen molar-refractivity contribution >= 4 is 5.97 Å². The van der Waals surface area contributed by atoms with Crippen molar-refractivity contribution in [2.45, 2.75) is 132 Å². The molecule has 0 aromatic rings. The lowest BCUT2D eigenvalue weighted by Crippen LogP contribution is -2.27. The third kappa shape index (κ3) is 11.3. The molecule has 0 aromatic heterocycles. The van der Waals surface area contributed by atoms with Crippen LogP contribution < -0.4 is 0 Å². The first-order valence-corrected chi connectivity index (χ1v) is 44.7. The van der Waals surface area contributed by atoms with Gasteiger partial charge in [0.1, 0.15) is 6.10 Å². The van der Waals surface area contributed by atoms with Crippen LogP contribution in [0.1, 0.15) is 126 Å². The molecule has 0 spiro atoms. The van der Waals surface area contributed by atoms with E-state index in [9.17, 15) is 4.79 Å². The molecule has 0 N–H and O–H groups in total. The highest BCUT2D eigenvalue weighted by atomic mass is 16.5. The number of carbonyl (C=O) groups is 1. The SMILES string of the molecule is C1=CC2C3C=CC(C3)C2C1.C1=CC2CC1C1CC3C4C=CC(C4)C3C21.CC(=O)OC1C=CC2C3C=CC(C3)C12.CC1C=CC2C3C=CC(C3)C12.CC1C=CC2C3C=CC(C3)C12.CC1C=CC2C3C=CC(C3)C12.CC1C=CC2C3C=CC(C3)C12.CC1C=CC2C3C=CC(C3)C12.CC1C=CC2C3C=CC(C3)C12. The Kier molecular flexibility index (Phi) is 17.3. The molecule has 47 atom stereocenters. The quantitative estimate of drug-likeness (QED) is 0.193. The molecule has 0 radical (unpaired) electrons. The fourth-order valence-corrected chi connectivity index (χ4v) is 32.4. The summed E-state index contributed by atoms with van der Waals surface area (Å²) in [5.74, 6) is 42.0. The number of rotatable bonds is 1. The number of esters is 1. The van der Waals surface area contributed by atoms with E-state index in [0.717, 1.165) is 249 Å². The van der Waals surface area contributed by atoms with Gasteiger partial charge in [-0.25, -0.2) is 0 Å². The molecule has 29 aliphatic carbocycles. The molecule has 29 rings (SSSR count). The number of carbonyl (C=O) groups excluding carboxylic acids is 1. The van der Waals surface area contributed by atoms with Crippen LogP contribution in [0.15, 0.2) is 219 Å². The van der Waals surface area contributed by atoms with Crippen molar-refractivity contribution in [2.75, 3.05) is 0 Å². The van der Waals surface area contributed by atoms with Crippen molar-refractivity contribution in [1.82, 2.24) is 0 Å². The predicted molar refractivity (Wildman–Crippen MR) is 430 cm³/mol. The number of ether oxygens (including phenoxy) is 1. The topological polar surface area (TPSA) is 26.3 Å². The first-order chi connectivity index (χ1) is 51.3. The van der Waals surface area contributed by atoms with Crippen LogP contribution in [0.2, 0.25) is 0 Å². The van der Waals surface area contributed by atoms with Crippen molar-refractivity contribution in [3.05, 3.63) is 219 Å². The molecule has 0 aliphatic heterocycles. The van der Waals surface area contributed by atoms with Gasteiger partial charge in [0.2, 0.25) is 0 Å². The van der Waals surface area contributed by atoms with Crippen molar-refractivity contribution in [2.24, 2.45) is 272 Å². The van der Waals surface area contributed by atoms with E-state index < -0.39 is 0 Å². The Morgan fingerprint density at radius 1 is 0.210 bits per heavy atom. The summed E-state index contributed by atoms with van der Waals surface area (Å²) in [6, 6.07) is 0. The summed E-state index contributed by atoms with van der Waals surface area (Å²) in [6.45, 7) is 15.7. The summed E-state index contributed by atoms with van der Waals surface area (Å²) in [4.78, 5) is 10.9. The highest BCUT2D eigenvalue weighted by Gasteiger charge is 2.62. The van der Waals surface area contributed by atoms with Gasteiger partial charge in [-0.1, -0.05) is 254 Å². The van der Waals surface area contributed by atoms with Crippen LogP contribution in [0.3, 0.4) is 0 Å². The lowest BCUT2D eigenvalue weighted by molar-refractivity contribution is -0.146. The van der Waals surface area contributed by atoms with Crippen LogP contribution in [0.25, 0.3) is 0 Å². The Bertz CT molecular complexity index is 3480. The van der Waals surface area contributed by atoms with E-state index in [1.54, 1.807) is 6.42 Å². The van der Waals surface area contributed by atoms with Crippen molar-refractivity contribution in [1.29, 1.82) is 0 Å². The Balaban J connectivity index is 0.0000000763. The molecule has 552 valence electrons. The Labute approximate surface area is 634 Å². The third-order valence-corrected chi connectivity index (χ3v) is 36.6. The van der Waals surface area contributed by atoms with Crippen molar-refractivity contribution in [3.8, 4) is 0 Å². The van der Waals surface area contributed by atoms with Gasteiger partial charge in [0.15, 0.2) is 0 Å². The lowest BCUT2D eigenvalue weighted by Gasteiger charge is -2.29. The highest BCUT2D eigenvalue weighted by Crippen LogP contribution is 2.69. The smallest absolute Gasteiger partial charge is 0.303 e. The monoisotopic (exact) mass is 1400 g/mol. The van der Waals surface area contributed by atoms with Gasteiger partial charge in [-0.15, -0.1) is 0 Å². The van der Waals surface area contributed by atoms with Gasteiger partial charge in [0, 0.05) is 12.8 Å². The van der Waals surface area contributed by atoms with Gasteiger partial charge in [0.25, 0.3) is 0 Å². The van der Waals surface area contributed by atoms with Crippen LogP contribution in [0, 0.1) is 272 Å². The molecular formula is C103H128O2. The summed E-state index contributed by atoms with van der Waals surface area (Å²) in [5, 5.41) is 0. The second-order valence-corrected chi connectivity index (χ2v) is 41.1. The van der Waals surface area contributed by atoms with Crippen molar-refractivity contribution in [3.63, 3.8) is 0 Å². The number of allylic oxidation sites excluding steroid dienone is 35. The molecule has 105 heavy (non-hydrogen) atoms. The van der Waals surface area contributed by atoms with E-state index in [1.807, 2.05) is 0 Å². The van der Waals surface area contributed by atoms with Crippen molar-refractivity contribution < 1.29 is 9.53 Å². The van der Waals surface area contributed by atoms with Gasteiger partial charge >= 0.3 is 5.97 Å². The Hall–Kier alpha value is -5.21. The zero-order valence-electron chi connectivity index (χ0n) is 64.7. The fraction of sp³-hybridized carbons (Fsp3) is 0.641. The zero-order valence-corrected chi connectivity index (χ0v) is 64.7. The maximum absolute atomic E-state index is 10.9. The summed E-state index contributed by atoms with van der Waals surface area (Å²) < 4.78 is 5.32. The Morgan fingerprint density at radius 2 is 0.429 bits per heavy atom. The predicted octanol–water partition coefficient (Wildman–Crippen LogP) is 23.4. The molecule has 2 nitrogen and oxygen atoms in total. The van der Waals surface area contributed by atoms with Gasteiger partial charge in [-0.3, -0.25) is 4.79 Å². The number of fused-ring (bicyclic) bond motifs is 51. The maximum Gasteiger partial charge on any atom is 0.303 e. The van der Waals surface area contributed by atoms with Gasteiger partial charge in [-0.05, 0) is 349 Å². The first kappa shape index (κ1) is 67.9. The molecule has 2 heteroatoms. The van der Waals surface area contributed by atoms with Crippen LogP contribution in [0.4, 0.5) is 0 Å². The molecule has 11 fully saturated rings. The van der Waals surface area contributed by atoms with E-state index in [1.165, 1.54) is 77.6 Å². The number of hydrogen-bond acceptors (Lipinski definition) is 2. The van der Waals surface area contributed by atoms with Crippen LogP contribution in [-0.2, 0) is 9.53 Å². The van der Waals surface area contributed by atoms with Gasteiger partial charge < -0.3 is 4.74 Å². The van der Waals surface area contributed by atoms with E-state index in [-0.39, 0.29) is 12.1 Å². The van der Waals surface area contributed by atoms with Gasteiger partial charge in [-0.2, -0.15) is 0 Å². The average Bonchev–Trinajstić information content (AvgIpc) is 1.54. The summed E-state index contributed by atoms with van der Waals surface area (Å²) in [6.07, 6.45) is 105. The minimum Gasteiger partial charge on any atom is -0.458 e. The molecule has 47 unspecified atom stereocenters. The minimum atomic E-state index is -0.160. The van der Waals surface area contributed by atoms with Gasteiger partial charge in [0.05, 0.1) is 0 Å². The molecule has 0 saturated heterocycles. The zero-order chi connectivity index (χ0) is 70.4. The molecular weight excluding hydrogens is 1270 g/mol. The van der Waals surface area contributed by atoms with E-state index in [2.05, 4.69) is 260 Å². The largest absolute Gasteiger partial charge is 0.458 e. The molecule has 29 aliphatic rings. The molecule has 0 aromatic carbocycles. The van der Waals surface area contributed by atoms with E-state index >= 15 is 0 Å².